The van der Waals surface area contributed by atoms with E-state index in [1.807, 2.05) is 30.3 Å². The number of ether oxygens (including phenoxy) is 1. The summed E-state index contributed by atoms with van der Waals surface area (Å²) < 4.78 is 33.3. The molecule has 30 heavy (non-hydrogen) atoms. The third-order valence-electron chi connectivity index (χ3n) is 4.82. The Hall–Kier alpha value is -3.58. The molecule has 7 heteroatoms. The van der Waals surface area contributed by atoms with Gasteiger partial charge in [0, 0.05) is 23.5 Å². The van der Waals surface area contributed by atoms with Crippen molar-refractivity contribution >= 4 is 27.2 Å². The average molecular weight is 420 g/mol. The van der Waals surface area contributed by atoms with E-state index in [1.165, 1.54) is 10.5 Å². The van der Waals surface area contributed by atoms with Gasteiger partial charge >= 0.3 is 0 Å². The second-order valence-electron chi connectivity index (χ2n) is 6.73. The summed E-state index contributed by atoms with van der Waals surface area (Å²) >= 11 is 0. The lowest BCUT2D eigenvalue weighted by molar-refractivity contribution is 0.104. The fourth-order valence-electron chi connectivity index (χ4n) is 3.30. The number of anilines is 2. The summed E-state index contributed by atoms with van der Waals surface area (Å²) in [6.45, 7) is 0.129. The van der Waals surface area contributed by atoms with Crippen molar-refractivity contribution in [2.45, 2.75) is 6.54 Å². The molecule has 4 rings (SSSR count). The fourth-order valence-corrected chi connectivity index (χ4v) is 4.83. The highest BCUT2D eigenvalue weighted by Gasteiger charge is 2.39. The summed E-state index contributed by atoms with van der Waals surface area (Å²) in [6.07, 6.45) is 1.25. The number of carbonyl (C=O) groups excluding carboxylic acids is 1. The lowest BCUT2D eigenvalue weighted by Gasteiger charge is -2.31. The Morgan fingerprint density at radius 3 is 2.47 bits per heavy atom. The third-order valence-corrected chi connectivity index (χ3v) is 6.58. The molecule has 0 bridgehead atoms. The first-order valence-electron chi connectivity index (χ1n) is 9.32. The molecule has 1 aliphatic rings. The zero-order valence-corrected chi connectivity index (χ0v) is 17.1. The Morgan fingerprint density at radius 2 is 1.70 bits per heavy atom. The highest BCUT2D eigenvalue weighted by molar-refractivity contribution is 7.97. The maximum atomic E-state index is 13.4. The number of benzene rings is 3. The first-order chi connectivity index (χ1) is 14.5. The number of hydrogen-bond acceptors (Lipinski definition) is 5. The van der Waals surface area contributed by atoms with Gasteiger partial charge in [-0.05, 0) is 29.8 Å². The van der Waals surface area contributed by atoms with E-state index >= 15 is 0 Å². The van der Waals surface area contributed by atoms with E-state index in [4.69, 9.17) is 4.74 Å². The van der Waals surface area contributed by atoms with Crippen LogP contribution >= 0.6 is 0 Å². The molecule has 0 unspecified atom stereocenters. The SMILES string of the molecule is COc1cccc(NC=C2C(=O)c3ccccc3N(Cc3ccccc3)S2(=O)=O)c1. The largest absolute Gasteiger partial charge is 0.497 e. The number of hydrogen-bond donors (Lipinski definition) is 1. The molecule has 0 fully saturated rings. The molecule has 0 saturated carbocycles. The minimum absolute atomic E-state index is 0.129. The summed E-state index contributed by atoms with van der Waals surface area (Å²) in [4.78, 5) is 12.7. The molecule has 1 aliphatic heterocycles. The topological polar surface area (TPSA) is 75.7 Å². The van der Waals surface area contributed by atoms with Crippen molar-refractivity contribution in [3.8, 4) is 5.75 Å². The summed E-state index contributed by atoms with van der Waals surface area (Å²) in [5.41, 5.74) is 2.16. The summed E-state index contributed by atoms with van der Waals surface area (Å²) in [5.74, 6) is 0.0811. The lowest BCUT2D eigenvalue weighted by Crippen LogP contribution is -2.39. The van der Waals surface area contributed by atoms with Crippen LogP contribution in [0.2, 0.25) is 0 Å². The molecule has 1 N–H and O–H groups in total. The van der Waals surface area contributed by atoms with E-state index in [0.717, 1.165) is 5.56 Å². The molecule has 6 nitrogen and oxygen atoms in total. The Morgan fingerprint density at radius 1 is 0.967 bits per heavy atom. The molecule has 0 spiro atoms. The number of para-hydroxylation sites is 1. The number of ketones is 1. The first-order valence-corrected chi connectivity index (χ1v) is 10.8. The van der Waals surface area contributed by atoms with Crippen LogP contribution in [0, 0.1) is 0 Å². The van der Waals surface area contributed by atoms with Crippen molar-refractivity contribution < 1.29 is 17.9 Å². The molecule has 152 valence electrons. The van der Waals surface area contributed by atoms with Crippen molar-refractivity contribution in [3.63, 3.8) is 0 Å². The van der Waals surface area contributed by atoms with E-state index in [0.29, 0.717) is 22.7 Å². The van der Waals surface area contributed by atoms with Gasteiger partial charge in [0.15, 0.2) is 4.91 Å². The molecule has 0 atom stereocenters. The number of carbonyl (C=O) groups is 1. The van der Waals surface area contributed by atoms with Crippen LogP contribution in [0.25, 0.3) is 0 Å². The number of Topliss-reactive ketones (excluding diaryl/α,β-unsaturated/α-hetero) is 1. The molecule has 1 heterocycles. The lowest BCUT2D eigenvalue weighted by atomic mass is 10.1. The minimum Gasteiger partial charge on any atom is -0.497 e. The second kappa shape index (κ2) is 8.04. The average Bonchev–Trinajstić information content (AvgIpc) is 2.77. The number of allylic oxidation sites excluding steroid dienone is 1. The summed E-state index contributed by atoms with van der Waals surface area (Å²) in [7, 11) is -2.51. The van der Waals surface area contributed by atoms with Crippen LogP contribution in [0.3, 0.4) is 0 Å². The van der Waals surface area contributed by atoms with Gasteiger partial charge in [-0.1, -0.05) is 48.5 Å². The van der Waals surface area contributed by atoms with Crippen molar-refractivity contribution in [2.75, 3.05) is 16.7 Å². The fraction of sp³-hybridized carbons (Fsp3) is 0.0870. The number of nitrogens with one attached hydrogen (secondary N) is 1. The number of fused-ring (bicyclic) bond motifs is 1. The molecular weight excluding hydrogens is 400 g/mol. The van der Waals surface area contributed by atoms with E-state index in [-0.39, 0.29) is 11.4 Å². The number of methoxy groups -OCH3 is 1. The van der Waals surface area contributed by atoms with Crippen LogP contribution in [0.4, 0.5) is 11.4 Å². The highest BCUT2D eigenvalue weighted by Crippen LogP contribution is 2.36. The normalized spacial score (nSPS) is 16.2. The Bertz CT molecular complexity index is 1220. The maximum absolute atomic E-state index is 13.4. The van der Waals surface area contributed by atoms with Crippen molar-refractivity contribution in [2.24, 2.45) is 0 Å². The highest BCUT2D eigenvalue weighted by atomic mass is 32.2. The standard InChI is InChI=1S/C23H20N2O4S/c1-29-19-11-7-10-18(14-19)24-15-22-23(26)20-12-5-6-13-21(20)25(30(22,27)28)16-17-8-3-2-4-9-17/h2-15,24H,16H2,1H3. The molecule has 0 amide bonds. The van der Waals surface area contributed by atoms with Crippen LogP contribution in [0.5, 0.6) is 5.75 Å². The molecule has 3 aromatic rings. The Kier molecular flexibility index (Phi) is 5.29. The van der Waals surface area contributed by atoms with E-state index in [9.17, 15) is 13.2 Å². The quantitative estimate of drug-likeness (QED) is 0.627. The van der Waals surface area contributed by atoms with Crippen molar-refractivity contribution in [3.05, 3.63) is 101 Å². The van der Waals surface area contributed by atoms with Gasteiger partial charge in [-0.2, -0.15) is 0 Å². The maximum Gasteiger partial charge on any atom is 0.270 e. The van der Waals surface area contributed by atoms with Gasteiger partial charge < -0.3 is 10.1 Å². The molecule has 3 aromatic carbocycles. The summed E-state index contributed by atoms with van der Waals surface area (Å²) in [6, 6.07) is 23.0. The third kappa shape index (κ3) is 3.67. The molecule has 0 aromatic heterocycles. The minimum atomic E-state index is -4.06. The zero-order chi connectivity index (χ0) is 21.1. The van der Waals surface area contributed by atoms with Crippen molar-refractivity contribution in [1.29, 1.82) is 0 Å². The van der Waals surface area contributed by atoms with Gasteiger partial charge in [0.1, 0.15) is 5.75 Å². The zero-order valence-electron chi connectivity index (χ0n) is 16.3. The number of sulfonamides is 1. The van der Waals surface area contributed by atoms with E-state index in [1.54, 1.807) is 55.6 Å². The monoisotopic (exact) mass is 420 g/mol. The predicted molar refractivity (Wildman–Crippen MR) is 117 cm³/mol. The van der Waals surface area contributed by atoms with Crippen LogP contribution in [-0.4, -0.2) is 21.3 Å². The van der Waals surface area contributed by atoms with Crippen molar-refractivity contribution in [1.82, 2.24) is 0 Å². The Labute approximate surface area is 175 Å². The molecule has 0 saturated heterocycles. The van der Waals surface area contributed by atoms with Gasteiger partial charge in [0.25, 0.3) is 10.0 Å². The van der Waals surface area contributed by atoms with Crippen LogP contribution in [0.1, 0.15) is 15.9 Å². The van der Waals surface area contributed by atoms with Gasteiger partial charge in [-0.15, -0.1) is 0 Å². The van der Waals surface area contributed by atoms with E-state index < -0.39 is 15.8 Å². The van der Waals surface area contributed by atoms with Gasteiger partial charge in [0.2, 0.25) is 5.78 Å². The second-order valence-corrected chi connectivity index (χ2v) is 8.56. The van der Waals surface area contributed by atoms with Gasteiger partial charge in [-0.3, -0.25) is 9.10 Å². The first kappa shape index (κ1) is 19.7. The molecule has 0 radical (unpaired) electrons. The van der Waals surface area contributed by atoms with Crippen LogP contribution in [0.15, 0.2) is 90.0 Å². The molecule has 0 aliphatic carbocycles. The smallest absolute Gasteiger partial charge is 0.270 e. The molecular formula is C23H20N2O4S. The van der Waals surface area contributed by atoms with Gasteiger partial charge in [0.05, 0.1) is 19.3 Å². The van der Waals surface area contributed by atoms with E-state index in [2.05, 4.69) is 5.32 Å². The van der Waals surface area contributed by atoms with Crippen LogP contribution in [-0.2, 0) is 16.6 Å². The number of nitrogens with zero attached hydrogens (tertiary/aromatic N) is 1. The van der Waals surface area contributed by atoms with Gasteiger partial charge in [-0.25, -0.2) is 8.42 Å². The summed E-state index contributed by atoms with van der Waals surface area (Å²) in [5, 5.41) is 2.92. The number of rotatable bonds is 5. The predicted octanol–water partition coefficient (Wildman–Crippen LogP) is 4.18. The Balaban J connectivity index is 1.76. The van der Waals surface area contributed by atoms with Crippen LogP contribution < -0.4 is 14.4 Å².